The molecule has 2 atom stereocenters. The Hall–Kier alpha value is -0.180. The zero-order valence-corrected chi connectivity index (χ0v) is 9.32. The van der Waals surface area contributed by atoms with E-state index in [2.05, 4.69) is 12.2 Å². The molecule has 2 unspecified atom stereocenters. The lowest BCUT2D eigenvalue weighted by molar-refractivity contribution is -0.121. The number of carbonyl (C=O) groups excluding carboxylic acids is 1. The van der Waals surface area contributed by atoms with Gasteiger partial charge in [0.2, 0.25) is 5.91 Å². The first kappa shape index (κ1) is 10.9. The van der Waals surface area contributed by atoms with Gasteiger partial charge in [-0.1, -0.05) is 13.8 Å². The van der Waals surface area contributed by atoms with E-state index in [1.807, 2.05) is 18.7 Å². The molecule has 0 aliphatic heterocycles. The van der Waals surface area contributed by atoms with Crippen molar-refractivity contribution in [3.63, 3.8) is 0 Å². The lowest BCUT2D eigenvalue weighted by atomic mass is 10.2. The molecule has 0 aromatic carbocycles. The van der Waals surface area contributed by atoms with Gasteiger partial charge in [0.15, 0.2) is 0 Å². The molecule has 1 fully saturated rings. The molecule has 1 aliphatic rings. The van der Waals surface area contributed by atoms with Crippen molar-refractivity contribution in [1.29, 1.82) is 0 Å². The van der Waals surface area contributed by atoms with Crippen molar-refractivity contribution >= 4 is 17.7 Å². The minimum Gasteiger partial charge on any atom is -0.353 e. The topological polar surface area (TPSA) is 29.1 Å². The van der Waals surface area contributed by atoms with Crippen molar-refractivity contribution in [3.8, 4) is 0 Å². The Labute approximate surface area is 84.9 Å². The summed E-state index contributed by atoms with van der Waals surface area (Å²) in [5.74, 6) is 1.39. The summed E-state index contributed by atoms with van der Waals surface area (Å²) in [6.45, 7) is 4.10. The molecule has 13 heavy (non-hydrogen) atoms. The number of thioether (sulfide) groups is 1. The van der Waals surface area contributed by atoms with Gasteiger partial charge >= 0.3 is 0 Å². The molecular weight excluding hydrogens is 182 g/mol. The fraction of sp³-hybridized carbons (Fsp3) is 0.900. The van der Waals surface area contributed by atoms with Crippen molar-refractivity contribution < 1.29 is 4.79 Å². The lowest BCUT2D eigenvalue weighted by Crippen LogP contribution is -2.32. The van der Waals surface area contributed by atoms with E-state index >= 15 is 0 Å². The van der Waals surface area contributed by atoms with Crippen molar-refractivity contribution in [2.24, 2.45) is 0 Å². The summed E-state index contributed by atoms with van der Waals surface area (Å²) < 4.78 is 0. The van der Waals surface area contributed by atoms with Gasteiger partial charge in [0.1, 0.15) is 0 Å². The average molecular weight is 201 g/mol. The van der Waals surface area contributed by atoms with Crippen LogP contribution in [0, 0.1) is 0 Å². The Morgan fingerprint density at radius 1 is 1.46 bits per heavy atom. The van der Waals surface area contributed by atoms with Crippen LogP contribution < -0.4 is 5.32 Å². The second-order valence-corrected chi connectivity index (χ2v) is 5.09. The van der Waals surface area contributed by atoms with Crippen molar-refractivity contribution in [3.05, 3.63) is 0 Å². The van der Waals surface area contributed by atoms with Crippen molar-refractivity contribution in [2.75, 3.05) is 5.75 Å². The maximum absolute atomic E-state index is 11.1. The average Bonchev–Trinajstić information content (AvgIpc) is 2.53. The summed E-state index contributed by atoms with van der Waals surface area (Å²) in [5.41, 5.74) is 0. The highest BCUT2D eigenvalue weighted by Crippen LogP contribution is 2.29. The van der Waals surface area contributed by atoms with Gasteiger partial charge in [0.05, 0.1) is 0 Å². The van der Waals surface area contributed by atoms with Crippen LogP contribution in [0.25, 0.3) is 0 Å². The number of carbonyl (C=O) groups is 1. The van der Waals surface area contributed by atoms with Gasteiger partial charge in [0, 0.05) is 17.7 Å². The van der Waals surface area contributed by atoms with Crippen LogP contribution in [0.15, 0.2) is 0 Å². The van der Waals surface area contributed by atoms with E-state index in [1.165, 1.54) is 25.0 Å². The number of hydrogen-bond acceptors (Lipinski definition) is 2. The Morgan fingerprint density at radius 2 is 2.23 bits per heavy atom. The number of amides is 1. The second-order valence-electron chi connectivity index (χ2n) is 3.51. The third-order valence-electron chi connectivity index (χ3n) is 2.47. The Bertz CT molecular complexity index is 172. The van der Waals surface area contributed by atoms with Gasteiger partial charge in [-0.3, -0.25) is 4.79 Å². The number of nitrogens with one attached hydrogen (secondary N) is 1. The van der Waals surface area contributed by atoms with Crippen LogP contribution in [-0.4, -0.2) is 23.0 Å². The zero-order chi connectivity index (χ0) is 9.68. The highest BCUT2D eigenvalue weighted by Gasteiger charge is 2.24. The van der Waals surface area contributed by atoms with E-state index in [9.17, 15) is 4.79 Å². The molecule has 0 spiro atoms. The van der Waals surface area contributed by atoms with E-state index in [1.54, 1.807) is 0 Å². The SMILES string of the molecule is CCSC1CCC(NC(=O)CC)C1. The molecule has 0 bridgehead atoms. The first-order chi connectivity index (χ1) is 6.26. The summed E-state index contributed by atoms with van der Waals surface area (Å²) in [5, 5.41) is 3.85. The van der Waals surface area contributed by atoms with Gasteiger partial charge in [0.25, 0.3) is 0 Å². The first-order valence-corrected chi connectivity index (χ1v) is 6.22. The summed E-state index contributed by atoms with van der Waals surface area (Å²) in [7, 11) is 0. The van der Waals surface area contributed by atoms with E-state index in [-0.39, 0.29) is 5.91 Å². The molecule has 76 valence electrons. The molecule has 0 heterocycles. The Kier molecular flexibility index (Phi) is 4.64. The molecule has 1 amide bonds. The number of hydrogen-bond donors (Lipinski definition) is 1. The molecule has 1 rings (SSSR count). The van der Waals surface area contributed by atoms with Crippen LogP contribution in [0.4, 0.5) is 0 Å². The largest absolute Gasteiger partial charge is 0.353 e. The molecule has 1 N–H and O–H groups in total. The summed E-state index contributed by atoms with van der Waals surface area (Å²) in [4.78, 5) is 11.1. The second kappa shape index (κ2) is 5.53. The molecule has 0 aromatic rings. The predicted molar refractivity (Wildman–Crippen MR) is 58.0 cm³/mol. The normalized spacial score (nSPS) is 27.5. The molecule has 1 aliphatic carbocycles. The zero-order valence-electron chi connectivity index (χ0n) is 8.51. The standard InChI is InChI=1S/C10H19NOS/c1-3-10(12)11-8-5-6-9(7-8)13-4-2/h8-9H,3-7H2,1-2H3,(H,11,12). The smallest absolute Gasteiger partial charge is 0.219 e. The van der Waals surface area contributed by atoms with Gasteiger partial charge in [-0.05, 0) is 25.0 Å². The van der Waals surface area contributed by atoms with Crippen LogP contribution in [0.3, 0.4) is 0 Å². The number of rotatable bonds is 4. The maximum Gasteiger partial charge on any atom is 0.219 e. The van der Waals surface area contributed by atoms with Gasteiger partial charge in [-0.15, -0.1) is 0 Å². The van der Waals surface area contributed by atoms with Gasteiger partial charge < -0.3 is 5.32 Å². The molecule has 0 saturated heterocycles. The summed E-state index contributed by atoms with van der Waals surface area (Å²) >= 11 is 2.03. The first-order valence-electron chi connectivity index (χ1n) is 5.17. The third kappa shape index (κ3) is 3.59. The van der Waals surface area contributed by atoms with E-state index in [4.69, 9.17) is 0 Å². The summed E-state index contributed by atoms with van der Waals surface area (Å²) in [6.07, 6.45) is 4.23. The fourth-order valence-electron chi connectivity index (χ4n) is 1.79. The monoisotopic (exact) mass is 201 g/mol. The molecule has 1 saturated carbocycles. The predicted octanol–water partition coefficient (Wildman–Crippen LogP) is 2.19. The van der Waals surface area contributed by atoms with Crippen LogP contribution in [0.2, 0.25) is 0 Å². The van der Waals surface area contributed by atoms with Crippen LogP contribution in [0.1, 0.15) is 39.5 Å². The third-order valence-corrected chi connectivity index (χ3v) is 3.71. The molecule has 2 nitrogen and oxygen atoms in total. The minimum atomic E-state index is 0.201. The molecule has 0 radical (unpaired) electrons. The Balaban J connectivity index is 2.20. The van der Waals surface area contributed by atoms with Crippen LogP contribution >= 0.6 is 11.8 Å². The maximum atomic E-state index is 11.1. The molecule has 3 heteroatoms. The van der Waals surface area contributed by atoms with Crippen LogP contribution in [0.5, 0.6) is 0 Å². The van der Waals surface area contributed by atoms with Crippen LogP contribution in [-0.2, 0) is 4.79 Å². The molecule has 0 aromatic heterocycles. The van der Waals surface area contributed by atoms with E-state index < -0.39 is 0 Å². The van der Waals surface area contributed by atoms with E-state index in [0.29, 0.717) is 12.5 Å². The Morgan fingerprint density at radius 3 is 2.85 bits per heavy atom. The lowest BCUT2D eigenvalue weighted by Gasteiger charge is -2.11. The minimum absolute atomic E-state index is 0.201. The highest BCUT2D eigenvalue weighted by atomic mass is 32.2. The highest BCUT2D eigenvalue weighted by molar-refractivity contribution is 7.99. The summed E-state index contributed by atoms with van der Waals surface area (Å²) in [6, 6.07) is 0.455. The van der Waals surface area contributed by atoms with Gasteiger partial charge in [-0.25, -0.2) is 0 Å². The van der Waals surface area contributed by atoms with Gasteiger partial charge in [-0.2, -0.15) is 11.8 Å². The van der Waals surface area contributed by atoms with Crippen molar-refractivity contribution in [2.45, 2.75) is 50.8 Å². The van der Waals surface area contributed by atoms with Crippen molar-refractivity contribution in [1.82, 2.24) is 5.32 Å². The fourth-order valence-corrected chi connectivity index (χ4v) is 2.93. The quantitative estimate of drug-likeness (QED) is 0.755. The molecular formula is C10H19NOS. The van der Waals surface area contributed by atoms with E-state index in [0.717, 1.165) is 5.25 Å².